The van der Waals surface area contributed by atoms with Crippen molar-refractivity contribution >= 4 is 5.97 Å². The van der Waals surface area contributed by atoms with Crippen LogP contribution in [0.2, 0.25) is 0 Å². The van der Waals surface area contributed by atoms with Crippen LogP contribution in [-0.2, 0) is 0 Å². The third kappa shape index (κ3) is 4.63. The number of nitriles is 1. The summed E-state index contributed by atoms with van der Waals surface area (Å²) in [4.78, 5) is 11.1. The van der Waals surface area contributed by atoms with Crippen LogP contribution >= 0.6 is 0 Å². The smallest absolute Gasteiger partial charge is 0.339 e. The van der Waals surface area contributed by atoms with Crippen LogP contribution in [0.15, 0.2) is 18.2 Å². The highest BCUT2D eigenvalue weighted by Gasteiger charge is 2.16. The Balaban J connectivity index is 2.59. The van der Waals surface area contributed by atoms with E-state index in [-0.39, 0.29) is 11.0 Å². The van der Waals surface area contributed by atoms with Crippen LogP contribution in [0.3, 0.4) is 0 Å². The van der Waals surface area contributed by atoms with E-state index in [1.54, 1.807) is 12.1 Å². The largest absolute Gasteiger partial charge is 0.493 e. The number of carbonyl (C=O) groups is 1. The molecule has 0 aliphatic heterocycles. The number of aromatic carboxylic acids is 1. The zero-order valence-electron chi connectivity index (χ0n) is 11.6. The standard InChI is InChI=1S/C15H19NO3/c1-11-5-6-13(12(9-11)14(17)18)19-8-4-7-15(2,3)10-16/h5-6,9H,4,7-8H2,1-3H3,(H,17,18). The van der Waals surface area contributed by atoms with Crippen LogP contribution in [0.25, 0.3) is 0 Å². The average Bonchev–Trinajstić information content (AvgIpc) is 2.36. The maximum Gasteiger partial charge on any atom is 0.339 e. The number of carboxylic acid groups (broad SMARTS) is 1. The Hall–Kier alpha value is -2.02. The van der Waals surface area contributed by atoms with Crippen LogP contribution in [0, 0.1) is 23.7 Å². The Labute approximate surface area is 113 Å². The Kier molecular flexibility index (Phi) is 4.94. The van der Waals surface area contributed by atoms with Crippen LogP contribution in [0.4, 0.5) is 0 Å². The highest BCUT2D eigenvalue weighted by atomic mass is 16.5. The normalized spacial score (nSPS) is 10.8. The number of carboxylic acids is 1. The second kappa shape index (κ2) is 6.24. The van der Waals surface area contributed by atoms with Gasteiger partial charge in [-0.25, -0.2) is 4.79 Å². The first-order chi connectivity index (χ1) is 8.85. The number of rotatable bonds is 6. The number of ether oxygens (including phenoxy) is 1. The van der Waals surface area contributed by atoms with Gasteiger partial charge in [-0.2, -0.15) is 5.26 Å². The zero-order chi connectivity index (χ0) is 14.5. The molecule has 0 heterocycles. The van der Waals surface area contributed by atoms with Gasteiger partial charge in [0.25, 0.3) is 0 Å². The molecular formula is C15H19NO3. The molecule has 0 atom stereocenters. The summed E-state index contributed by atoms with van der Waals surface area (Å²) in [5, 5.41) is 18.0. The number of hydrogen-bond acceptors (Lipinski definition) is 3. The first kappa shape index (κ1) is 15.0. The molecule has 0 saturated carbocycles. The van der Waals surface area contributed by atoms with Crippen molar-refractivity contribution in [3.05, 3.63) is 29.3 Å². The van der Waals surface area contributed by atoms with Crippen molar-refractivity contribution in [1.29, 1.82) is 5.26 Å². The second-order valence-corrected chi connectivity index (χ2v) is 5.25. The molecule has 0 unspecified atom stereocenters. The van der Waals surface area contributed by atoms with Gasteiger partial charge in [0.15, 0.2) is 0 Å². The second-order valence-electron chi connectivity index (χ2n) is 5.25. The van der Waals surface area contributed by atoms with Crippen molar-refractivity contribution in [3.63, 3.8) is 0 Å². The molecule has 0 bridgehead atoms. The summed E-state index contributed by atoms with van der Waals surface area (Å²) in [6.07, 6.45) is 1.44. The van der Waals surface area contributed by atoms with Gasteiger partial charge >= 0.3 is 5.97 Å². The molecule has 0 aromatic heterocycles. The lowest BCUT2D eigenvalue weighted by Crippen LogP contribution is -2.11. The van der Waals surface area contributed by atoms with Crippen molar-refractivity contribution in [2.75, 3.05) is 6.61 Å². The van der Waals surface area contributed by atoms with Gasteiger partial charge in [-0.1, -0.05) is 11.6 Å². The minimum atomic E-state index is -0.990. The van der Waals surface area contributed by atoms with Crippen LogP contribution in [0.5, 0.6) is 5.75 Å². The lowest BCUT2D eigenvalue weighted by molar-refractivity contribution is 0.0692. The monoisotopic (exact) mass is 261 g/mol. The number of nitrogens with zero attached hydrogens (tertiary/aromatic N) is 1. The van der Waals surface area contributed by atoms with E-state index in [9.17, 15) is 4.79 Å². The molecule has 0 fully saturated rings. The van der Waals surface area contributed by atoms with Crippen molar-refractivity contribution in [1.82, 2.24) is 0 Å². The lowest BCUT2D eigenvalue weighted by atomic mass is 9.90. The van der Waals surface area contributed by atoms with E-state index in [2.05, 4.69) is 6.07 Å². The Morgan fingerprint density at radius 1 is 1.47 bits per heavy atom. The fourth-order valence-electron chi connectivity index (χ4n) is 1.69. The summed E-state index contributed by atoms with van der Waals surface area (Å²) in [7, 11) is 0. The van der Waals surface area contributed by atoms with Crippen molar-refractivity contribution < 1.29 is 14.6 Å². The van der Waals surface area contributed by atoms with Gasteiger partial charge in [-0.3, -0.25) is 0 Å². The third-order valence-corrected chi connectivity index (χ3v) is 2.87. The molecule has 102 valence electrons. The molecule has 1 N–H and O–H groups in total. The Morgan fingerprint density at radius 2 is 2.16 bits per heavy atom. The highest BCUT2D eigenvalue weighted by Crippen LogP contribution is 2.23. The number of hydrogen-bond donors (Lipinski definition) is 1. The Bertz CT molecular complexity index is 501. The zero-order valence-corrected chi connectivity index (χ0v) is 11.6. The Morgan fingerprint density at radius 3 is 2.74 bits per heavy atom. The van der Waals surface area contributed by atoms with Gasteiger partial charge in [-0.15, -0.1) is 0 Å². The van der Waals surface area contributed by atoms with Crippen LogP contribution in [-0.4, -0.2) is 17.7 Å². The van der Waals surface area contributed by atoms with Crippen LogP contribution < -0.4 is 4.74 Å². The first-order valence-corrected chi connectivity index (χ1v) is 6.24. The molecule has 19 heavy (non-hydrogen) atoms. The molecule has 0 aliphatic carbocycles. The van der Waals surface area contributed by atoms with Crippen molar-refractivity contribution in [3.8, 4) is 11.8 Å². The van der Waals surface area contributed by atoms with E-state index in [1.807, 2.05) is 26.8 Å². The van der Waals surface area contributed by atoms with Gasteiger partial charge in [0, 0.05) is 0 Å². The predicted octanol–water partition coefficient (Wildman–Crippen LogP) is 3.40. The van der Waals surface area contributed by atoms with E-state index in [0.29, 0.717) is 18.8 Å². The molecule has 0 radical (unpaired) electrons. The quantitative estimate of drug-likeness (QED) is 0.797. The summed E-state index contributed by atoms with van der Waals surface area (Å²) in [6, 6.07) is 7.32. The molecule has 4 nitrogen and oxygen atoms in total. The maximum absolute atomic E-state index is 11.1. The lowest BCUT2D eigenvalue weighted by Gasteiger charge is -2.15. The fourth-order valence-corrected chi connectivity index (χ4v) is 1.69. The maximum atomic E-state index is 11.1. The SMILES string of the molecule is Cc1ccc(OCCCC(C)(C)C#N)c(C(=O)O)c1. The van der Waals surface area contributed by atoms with Gasteiger partial charge < -0.3 is 9.84 Å². The van der Waals surface area contributed by atoms with Gasteiger partial charge in [0.2, 0.25) is 0 Å². The van der Waals surface area contributed by atoms with Crippen LogP contribution in [0.1, 0.15) is 42.6 Å². The molecule has 0 spiro atoms. The van der Waals surface area contributed by atoms with Gasteiger partial charge in [-0.05, 0) is 45.7 Å². The minimum absolute atomic E-state index is 0.180. The molecule has 1 rings (SSSR count). The minimum Gasteiger partial charge on any atom is -0.493 e. The molecule has 0 saturated heterocycles. The van der Waals surface area contributed by atoms with Gasteiger partial charge in [0.05, 0.1) is 18.1 Å². The summed E-state index contributed by atoms with van der Waals surface area (Å²) in [5.41, 5.74) is 0.696. The summed E-state index contributed by atoms with van der Waals surface area (Å²) in [6.45, 7) is 6.00. The fraction of sp³-hybridized carbons (Fsp3) is 0.467. The topological polar surface area (TPSA) is 70.3 Å². The van der Waals surface area contributed by atoms with Gasteiger partial charge in [0.1, 0.15) is 11.3 Å². The molecular weight excluding hydrogens is 242 g/mol. The first-order valence-electron chi connectivity index (χ1n) is 6.24. The van der Waals surface area contributed by atoms with E-state index in [1.165, 1.54) is 0 Å². The molecule has 4 heteroatoms. The van der Waals surface area contributed by atoms with E-state index < -0.39 is 5.97 Å². The van der Waals surface area contributed by atoms with E-state index in [0.717, 1.165) is 12.0 Å². The third-order valence-electron chi connectivity index (χ3n) is 2.87. The average molecular weight is 261 g/mol. The molecule has 1 aromatic rings. The predicted molar refractivity (Wildman–Crippen MR) is 72.3 cm³/mol. The summed E-state index contributed by atoms with van der Waals surface area (Å²) < 4.78 is 5.50. The molecule has 0 amide bonds. The number of benzene rings is 1. The highest BCUT2D eigenvalue weighted by molar-refractivity contribution is 5.91. The van der Waals surface area contributed by atoms with Crippen molar-refractivity contribution in [2.24, 2.45) is 5.41 Å². The molecule has 0 aliphatic rings. The van der Waals surface area contributed by atoms with E-state index >= 15 is 0 Å². The van der Waals surface area contributed by atoms with E-state index in [4.69, 9.17) is 15.1 Å². The summed E-state index contributed by atoms with van der Waals surface area (Å²) >= 11 is 0. The summed E-state index contributed by atoms with van der Waals surface area (Å²) in [5.74, 6) is -0.607. The van der Waals surface area contributed by atoms with Crippen molar-refractivity contribution in [2.45, 2.75) is 33.6 Å². The molecule has 1 aromatic carbocycles. The number of aryl methyl sites for hydroxylation is 1.